The van der Waals surface area contributed by atoms with Crippen molar-refractivity contribution in [2.24, 2.45) is 5.73 Å². The number of hydrogen-bond acceptors (Lipinski definition) is 2. The molecule has 0 fully saturated rings. The molecule has 0 radical (unpaired) electrons. The highest BCUT2D eigenvalue weighted by molar-refractivity contribution is 6.34. The molecule has 0 heterocycles. The van der Waals surface area contributed by atoms with Crippen LogP contribution in [0.1, 0.15) is 5.56 Å². The summed E-state index contributed by atoms with van der Waals surface area (Å²) >= 11 is 11.8. The first-order valence-electron chi connectivity index (χ1n) is 5.14. The third kappa shape index (κ3) is 2.75. The normalized spacial score (nSPS) is 10.1. The maximum absolute atomic E-state index is 7.51. The molecule has 0 aliphatic heterocycles. The molecule has 5 heteroatoms. The Hall–Kier alpha value is -1.71. The van der Waals surface area contributed by atoms with Gasteiger partial charge in [0, 0.05) is 5.02 Å². The van der Waals surface area contributed by atoms with Crippen LogP contribution in [0, 0.1) is 5.41 Å². The lowest BCUT2D eigenvalue weighted by Gasteiger charge is -2.11. The zero-order valence-electron chi connectivity index (χ0n) is 9.28. The SMILES string of the molecule is N=C(N)c1c(Cl)cccc1Oc1ccc(Cl)cc1. The maximum Gasteiger partial charge on any atom is 0.139 e. The Bertz CT molecular complexity index is 582. The minimum absolute atomic E-state index is 0.135. The van der Waals surface area contributed by atoms with Crippen molar-refractivity contribution in [3.8, 4) is 11.5 Å². The molecule has 0 aromatic heterocycles. The van der Waals surface area contributed by atoms with Crippen LogP contribution in [0.4, 0.5) is 0 Å². The fourth-order valence-electron chi connectivity index (χ4n) is 1.48. The first kappa shape index (κ1) is 12.7. The summed E-state index contributed by atoms with van der Waals surface area (Å²) in [5.74, 6) is 0.908. The molecule has 2 rings (SSSR count). The zero-order chi connectivity index (χ0) is 13.1. The summed E-state index contributed by atoms with van der Waals surface area (Å²) in [6, 6.07) is 12.0. The van der Waals surface area contributed by atoms with Gasteiger partial charge < -0.3 is 10.5 Å². The topological polar surface area (TPSA) is 59.1 Å². The van der Waals surface area contributed by atoms with Gasteiger partial charge in [0.25, 0.3) is 0 Å². The van der Waals surface area contributed by atoms with E-state index in [-0.39, 0.29) is 5.84 Å². The van der Waals surface area contributed by atoms with E-state index in [1.165, 1.54) is 0 Å². The maximum atomic E-state index is 7.51. The highest BCUT2D eigenvalue weighted by Crippen LogP contribution is 2.30. The standard InChI is InChI=1S/C13H10Cl2N2O/c14-8-4-6-9(7-5-8)18-11-3-1-2-10(15)12(11)13(16)17/h1-7H,(H3,16,17). The lowest BCUT2D eigenvalue weighted by Crippen LogP contribution is -2.13. The van der Waals surface area contributed by atoms with E-state index in [2.05, 4.69) is 0 Å². The highest BCUT2D eigenvalue weighted by Gasteiger charge is 2.11. The molecule has 0 amide bonds. The van der Waals surface area contributed by atoms with Crippen molar-refractivity contribution in [3.63, 3.8) is 0 Å². The minimum Gasteiger partial charge on any atom is -0.457 e. The van der Waals surface area contributed by atoms with Crippen molar-refractivity contribution in [1.82, 2.24) is 0 Å². The highest BCUT2D eigenvalue weighted by atomic mass is 35.5. The van der Waals surface area contributed by atoms with Crippen molar-refractivity contribution in [2.45, 2.75) is 0 Å². The molecule has 18 heavy (non-hydrogen) atoms. The second kappa shape index (κ2) is 5.29. The van der Waals surface area contributed by atoms with E-state index in [1.54, 1.807) is 42.5 Å². The van der Waals surface area contributed by atoms with E-state index in [9.17, 15) is 0 Å². The monoisotopic (exact) mass is 280 g/mol. The molecule has 92 valence electrons. The Kier molecular flexibility index (Phi) is 3.75. The van der Waals surface area contributed by atoms with Crippen LogP contribution in [-0.2, 0) is 0 Å². The predicted molar refractivity (Wildman–Crippen MR) is 74.0 cm³/mol. The van der Waals surface area contributed by atoms with Gasteiger partial charge in [-0.3, -0.25) is 5.41 Å². The molecule has 3 nitrogen and oxygen atoms in total. The zero-order valence-corrected chi connectivity index (χ0v) is 10.8. The fourth-order valence-corrected chi connectivity index (χ4v) is 1.87. The molecule has 2 aromatic rings. The van der Waals surface area contributed by atoms with E-state index in [4.69, 9.17) is 39.1 Å². The Morgan fingerprint density at radius 1 is 1.06 bits per heavy atom. The first-order valence-corrected chi connectivity index (χ1v) is 5.90. The summed E-state index contributed by atoms with van der Waals surface area (Å²) < 4.78 is 5.64. The van der Waals surface area contributed by atoms with Crippen LogP contribution < -0.4 is 10.5 Å². The molecular formula is C13H10Cl2N2O. The predicted octanol–water partition coefficient (Wildman–Crippen LogP) is 4.07. The van der Waals surface area contributed by atoms with Gasteiger partial charge >= 0.3 is 0 Å². The van der Waals surface area contributed by atoms with Gasteiger partial charge in [-0.2, -0.15) is 0 Å². The van der Waals surface area contributed by atoms with E-state index in [1.807, 2.05) is 0 Å². The number of benzene rings is 2. The molecule has 0 atom stereocenters. The van der Waals surface area contributed by atoms with Crippen molar-refractivity contribution >= 4 is 29.0 Å². The quantitative estimate of drug-likeness (QED) is 0.658. The molecule has 0 bridgehead atoms. The number of halogens is 2. The number of nitrogen functional groups attached to an aromatic ring is 1. The van der Waals surface area contributed by atoms with Gasteiger partial charge in [-0.1, -0.05) is 29.3 Å². The van der Waals surface area contributed by atoms with Crippen molar-refractivity contribution in [3.05, 3.63) is 58.1 Å². The van der Waals surface area contributed by atoms with Crippen LogP contribution >= 0.6 is 23.2 Å². The number of nitrogens with one attached hydrogen (secondary N) is 1. The molecule has 3 N–H and O–H groups in total. The van der Waals surface area contributed by atoms with Crippen LogP contribution in [-0.4, -0.2) is 5.84 Å². The van der Waals surface area contributed by atoms with Crippen LogP contribution in [0.3, 0.4) is 0 Å². The second-order valence-corrected chi connectivity index (χ2v) is 4.43. The summed E-state index contributed by atoms with van der Waals surface area (Å²) in [5.41, 5.74) is 5.87. The Balaban J connectivity index is 2.37. The number of rotatable bonds is 3. The summed E-state index contributed by atoms with van der Waals surface area (Å²) in [5, 5.41) is 8.52. The van der Waals surface area contributed by atoms with Gasteiger partial charge in [-0.05, 0) is 36.4 Å². The van der Waals surface area contributed by atoms with E-state index >= 15 is 0 Å². The molecular weight excluding hydrogens is 271 g/mol. The fraction of sp³-hybridized carbons (Fsp3) is 0. The van der Waals surface area contributed by atoms with E-state index in [0.29, 0.717) is 27.1 Å². The van der Waals surface area contributed by atoms with Crippen LogP contribution in [0.5, 0.6) is 11.5 Å². The number of ether oxygens (including phenoxy) is 1. The number of hydrogen-bond donors (Lipinski definition) is 2. The molecule has 0 unspecified atom stereocenters. The number of amidine groups is 1. The van der Waals surface area contributed by atoms with Gasteiger partial charge in [-0.25, -0.2) is 0 Å². The Labute approximate surface area is 115 Å². The lowest BCUT2D eigenvalue weighted by atomic mass is 10.2. The van der Waals surface area contributed by atoms with E-state index in [0.717, 1.165) is 0 Å². The first-order chi connectivity index (χ1) is 8.58. The molecule has 0 saturated carbocycles. The lowest BCUT2D eigenvalue weighted by molar-refractivity contribution is 0.481. The van der Waals surface area contributed by atoms with Crippen molar-refractivity contribution in [2.75, 3.05) is 0 Å². The summed E-state index contributed by atoms with van der Waals surface area (Å²) in [6.45, 7) is 0. The second-order valence-electron chi connectivity index (χ2n) is 3.58. The average molecular weight is 281 g/mol. The van der Waals surface area contributed by atoms with Gasteiger partial charge in [0.1, 0.15) is 17.3 Å². The average Bonchev–Trinajstić information content (AvgIpc) is 2.32. The molecule has 0 aliphatic rings. The summed E-state index contributed by atoms with van der Waals surface area (Å²) in [7, 11) is 0. The summed E-state index contributed by atoms with van der Waals surface area (Å²) in [6.07, 6.45) is 0. The minimum atomic E-state index is -0.135. The number of nitrogens with two attached hydrogens (primary N) is 1. The van der Waals surface area contributed by atoms with Gasteiger partial charge in [0.2, 0.25) is 0 Å². The Morgan fingerprint density at radius 3 is 2.33 bits per heavy atom. The molecule has 2 aromatic carbocycles. The third-order valence-electron chi connectivity index (χ3n) is 2.29. The van der Waals surface area contributed by atoms with Crippen molar-refractivity contribution < 1.29 is 4.74 Å². The van der Waals surface area contributed by atoms with E-state index < -0.39 is 0 Å². The van der Waals surface area contributed by atoms with Crippen LogP contribution in [0.2, 0.25) is 10.0 Å². The van der Waals surface area contributed by atoms with Gasteiger partial charge in [-0.15, -0.1) is 0 Å². The van der Waals surface area contributed by atoms with Crippen LogP contribution in [0.25, 0.3) is 0 Å². The molecule has 0 spiro atoms. The van der Waals surface area contributed by atoms with Crippen molar-refractivity contribution in [1.29, 1.82) is 5.41 Å². The summed E-state index contributed by atoms with van der Waals surface area (Å²) in [4.78, 5) is 0. The van der Waals surface area contributed by atoms with Gasteiger partial charge in [0.15, 0.2) is 0 Å². The largest absolute Gasteiger partial charge is 0.457 e. The van der Waals surface area contributed by atoms with Crippen LogP contribution in [0.15, 0.2) is 42.5 Å². The Morgan fingerprint density at radius 2 is 1.72 bits per heavy atom. The smallest absolute Gasteiger partial charge is 0.139 e. The molecule has 0 saturated heterocycles. The molecule has 0 aliphatic carbocycles. The van der Waals surface area contributed by atoms with Gasteiger partial charge in [0.05, 0.1) is 10.6 Å². The third-order valence-corrected chi connectivity index (χ3v) is 2.85.